The van der Waals surface area contributed by atoms with E-state index in [1.165, 1.54) is 0 Å². The molecular formula is C10H9F9O3. The van der Waals surface area contributed by atoms with Crippen LogP contribution in [0.4, 0.5) is 39.5 Å². The van der Waals surface area contributed by atoms with Crippen LogP contribution >= 0.6 is 0 Å². The van der Waals surface area contributed by atoms with Gasteiger partial charge >= 0.3 is 29.7 Å². The molecule has 0 aromatic heterocycles. The van der Waals surface area contributed by atoms with Crippen LogP contribution in [-0.4, -0.2) is 49.6 Å². The summed E-state index contributed by atoms with van der Waals surface area (Å²) in [7, 11) is 0.759. The molecule has 0 aromatic rings. The van der Waals surface area contributed by atoms with Gasteiger partial charge in [-0.05, 0) is 0 Å². The molecule has 0 saturated carbocycles. The number of hydrogen-bond donors (Lipinski definition) is 0. The number of ether oxygens (including phenoxy) is 3. The zero-order chi connectivity index (χ0) is 17.6. The molecule has 0 aliphatic carbocycles. The van der Waals surface area contributed by atoms with Gasteiger partial charge in [-0.1, -0.05) is 6.58 Å². The Kier molecular flexibility index (Phi) is 4.45. The molecule has 12 heteroatoms. The summed E-state index contributed by atoms with van der Waals surface area (Å²) in [6.07, 6.45) is -8.91. The summed E-state index contributed by atoms with van der Waals surface area (Å²) in [6, 6.07) is 0. The summed E-state index contributed by atoms with van der Waals surface area (Å²) in [5, 5.41) is 0. The number of hydrogen-bond acceptors (Lipinski definition) is 3. The first kappa shape index (κ1) is 18.9. The van der Waals surface area contributed by atoms with E-state index in [0.717, 1.165) is 7.11 Å². The number of rotatable bonds is 5. The fourth-order valence-electron chi connectivity index (χ4n) is 1.68. The molecule has 0 N–H and O–H groups in total. The molecule has 1 aliphatic heterocycles. The van der Waals surface area contributed by atoms with Gasteiger partial charge in [-0.2, -0.15) is 35.1 Å². The van der Waals surface area contributed by atoms with Crippen molar-refractivity contribution in [2.24, 2.45) is 0 Å². The summed E-state index contributed by atoms with van der Waals surface area (Å²) in [6.45, 7) is 1.49. The van der Waals surface area contributed by atoms with Crippen LogP contribution in [0.3, 0.4) is 0 Å². The molecule has 2 unspecified atom stereocenters. The van der Waals surface area contributed by atoms with E-state index in [0.29, 0.717) is 0 Å². The zero-order valence-corrected chi connectivity index (χ0v) is 10.7. The predicted octanol–water partition coefficient (Wildman–Crippen LogP) is 3.36. The Hall–Kier alpha value is -1.17. The van der Waals surface area contributed by atoms with Crippen molar-refractivity contribution in [3.63, 3.8) is 0 Å². The van der Waals surface area contributed by atoms with Crippen LogP contribution < -0.4 is 0 Å². The SMILES string of the molecule is C=COC(COC)C1(F)OC(F)(F)C(F)(F)C(F)(F)C1(F)F. The zero-order valence-electron chi connectivity index (χ0n) is 10.7. The van der Waals surface area contributed by atoms with Gasteiger partial charge in [-0.25, -0.2) is 4.39 Å². The Morgan fingerprint density at radius 1 is 0.955 bits per heavy atom. The normalized spacial score (nSPS) is 33.0. The number of halogens is 9. The first-order chi connectivity index (χ1) is 9.73. The molecule has 3 nitrogen and oxygen atoms in total. The summed E-state index contributed by atoms with van der Waals surface area (Å²) < 4.78 is 130. The Labute approximate surface area is 117 Å². The van der Waals surface area contributed by atoms with Gasteiger partial charge in [0.2, 0.25) is 0 Å². The predicted molar refractivity (Wildman–Crippen MR) is 51.7 cm³/mol. The first-order valence-electron chi connectivity index (χ1n) is 5.38. The highest BCUT2D eigenvalue weighted by atomic mass is 19.4. The second-order valence-electron chi connectivity index (χ2n) is 4.23. The Morgan fingerprint density at radius 3 is 1.86 bits per heavy atom. The third kappa shape index (κ3) is 2.14. The van der Waals surface area contributed by atoms with Crippen LogP contribution in [0, 0.1) is 0 Å². The van der Waals surface area contributed by atoms with Crippen molar-refractivity contribution < 1.29 is 53.7 Å². The molecule has 1 saturated heterocycles. The lowest BCUT2D eigenvalue weighted by molar-refractivity contribution is -0.544. The van der Waals surface area contributed by atoms with Crippen molar-refractivity contribution >= 4 is 0 Å². The molecule has 1 fully saturated rings. The van der Waals surface area contributed by atoms with Crippen molar-refractivity contribution in [1.29, 1.82) is 0 Å². The highest BCUT2D eigenvalue weighted by Crippen LogP contribution is 2.63. The first-order valence-corrected chi connectivity index (χ1v) is 5.38. The largest absolute Gasteiger partial charge is 0.490 e. The lowest BCUT2D eigenvalue weighted by Gasteiger charge is -2.49. The van der Waals surface area contributed by atoms with Gasteiger partial charge in [0.1, 0.15) is 0 Å². The van der Waals surface area contributed by atoms with E-state index in [1.54, 1.807) is 0 Å². The standard InChI is InChI=1S/C10H9F9O3/c1-3-21-5(4-20-2)6(11)7(12,13)8(14,15)9(16,17)10(18,19)22-6/h3,5H,1,4H2,2H3. The molecule has 1 heterocycles. The lowest BCUT2D eigenvalue weighted by atomic mass is 9.90. The molecule has 130 valence electrons. The number of alkyl halides is 9. The Morgan fingerprint density at radius 2 is 1.45 bits per heavy atom. The van der Waals surface area contributed by atoms with E-state index in [1.807, 2.05) is 0 Å². The van der Waals surface area contributed by atoms with Gasteiger partial charge in [0.05, 0.1) is 12.9 Å². The maximum absolute atomic E-state index is 14.2. The maximum Gasteiger partial charge on any atom is 0.428 e. The minimum atomic E-state index is -6.77. The minimum absolute atomic E-state index is 0.244. The van der Waals surface area contributed by atoms with Crippen molar-refractivity contribution in [3.05, 3.63) is 12.8 Å². The lowest BCUT2D eigenvalue weighted by Crippen LogP contribution is -2.78. The molecule has 22 heavy (non-hydrogen) atoms. The molecule has 0 spiro atoms. The van der Waals surface area contributed by atoms with E-state index >= 15 is 0 Å². The molecule has 0 aromatic carbocycles. The Bertz CT molecular complexity index is 439. The van der Waals surface area contributed by atoms with E-state index in [-0.39, 0.29) is 6.26 Å². The van der Waals surface area contributed by atoms with Crippen LogP contribution in [0.25, 0.3) is 0 Å². The molecule has 0 amide bonds. The van der Waals surface area contributed by atoms with Gasteiger partial charge < -0.3 is 9.47 Å². The second-order valence-corrected chi connectivity index (χ2v) is 4.23. The van der Waals surface area contributed by atoms with Crippen molar-refractivity contribution in [2.45, 2.75) is 35.8 Å². The topological polar surface area (TPSA) is 27.7 Å². The average molecular weight is 348 g/mol. The van der Waals surface area contributed by atoms with E-state index < -0.39 is 42.4 Å². The van der Waals surface area contributed by atoms with Crippen LogP contribution in [0.2, 0.25) is 0 Å². The van der Waals surface area contributed by atoms with Gasteiger partial charge in [-0.15, -0.1) is 0 Å². The quantitative estimate of drug-likeness (QED) is 0.563. The van der Waals surface area contributed by atoms with Gasteiger partial charge in [0, 0.05) is 7.11 Å². The smallest absolute Gasteiger partial charge is 0.428 e. The maximum atomic E-state index is 14.2. The molecule has 1 rings (SSSR count). The fraction of sp³-hybridized carbons (Fsp3) is 0.800. The van der Waals surface area contributed by atoms with Crippen molar-refractivity contribution in [2.75, 3.05) is 13.7 Å². The molecule has 1 aliphatic rings. The summed E-state index contributed by atoms with van der Waals surface area (Å²) >= 11 is 0. The number of methoxy groups -OCH3 is 1. The van der Waals surface area contributed by atoms with Crippen LogP contribution in [-0.2, 0) is 14.2 Å². The summed E-state index contributed by atoms with van der Waals surface area (Å²) in [5.74, 6) is -25.1. The van der Waals surface area contributed by atoms with Crippen molar-refractivity contribution in [1.82, 2.24) is 0 Å². The monoisotopic (exact) mass is 348 g/mol. The third-order valence-electron chi connectivity index (χ3n) is 2.85. The minimum Gasteiger partial charge on any atom is -0.490 e. The van der Waals surface area contributed by atoms with Gasteiger partial charge in [0.15, 0.2) is 6.10 Å². The molecule has 0 bridgehead atoms. The highest BCUT2D eigenvalue weighted by Gasteiger charge is 2.94. The highest BCUT2D eigenvalue weighted by molar-refractivity contribution is 5.14. The average Bonchev–Trinajstić information content (AvgIpc) is 2.35. The van der Waals surface area contributed by atoms with Crippen LogP contribution in [0.1, 0.15) is 0 Å². The second kappa shape index (κ2) is 5.18. The van der Waals surface area contributed by atoms with E-state index in [4.69, 9.17) is 0 Å². The fourth-order valence-corrected chi connectivity index (χ4v) is 1.68. The van der Waals surface area contributed by atoms with Gasteiger partial charge in [0.25, 0.3) is 0 Å². The summed E-state index contributed by atoms with van der Waals surface area (Å²) in [4.78, 5) is 0. The Balaban J connectivity index is 3.50. The third-order valence-corrected chi connectivity index (χ3v) is 2.85. The molecular weight excluding hydrogens is 339 g/mol. The van der Waals surface area contributed by atoms with Crippen LogP contribution in [0.15, 0.2) is 12.8 Å². The van der Waals surface area contributed by atoms with E-state index in [9.17, 15) is 39.5 Å². The van der Waals surface area contributed by atoms with Crippen LogP contribution in [0.5, 0.6) is 0 Å². The van der Waals surface area contributed by atoms with E-state index in [2.05, 4.69) is 20.8 Å². The molecule has 2 atom stereocenters. The van der Waals surface area contributed by atoms with Crippen molar-refractivity contribution in [3.8, 4) is 0 Å². The summed E-state index contributed by atoms with van der Waals surface area (Å²) in [5.41, 5.74) is 0. The van der Waals surface area contributed by atoms with Gasteiger partial charge in [-0.3, -0.25) is 4.74 Å². The molecule has 0 radical (unpaired) electrons.